The average Bonchev–Trinajstić information content (AvgIpc) is 2.73. The van der Waals surface area contributed by atoms with Crippen LogP contribution in [0.4, 0.5) is 0 Å². The number of carbonyl (C=O) groups is 1. The van der Waals surface area contributed by atoms with Gasteiger partial charge in [-0.2, -0.15) is 0 Å². The number of nitrogens with one attached hydrogen (secondary N) is 1. The topological polar surface area (TPSA) is 47.6 Å². The van der Waals surface area contributed by atoms with Crippen LogP contribution in [0.2, 0.25) is 5.02 Å². The summed E-state index contributed by atoms with van der Waals surface area (Å²) >= 11 is 6.14. The smallest absolute Gasteiger partial charge is 0.251 e. The van der Waals surface area contributed by atoms with Crippen molar-refractivity contribution in [1.82, 2.24) is 5.32 Å². The lowest BCUT2D eigenvalue weighted by Gasteiger charge is -2.16. The van der Waals surface area contributed by atoms with Crippen LogP contribution >= 0.6 is 11.6 Å². The molecule has 144 valence electrons. The van der Waals surface area contributed by atoms with Gasteiger partial charge in [0.15, 0.2) is 0 Å². The number of carbonyl (C=O) groups excluding carboxylic acids is 1. The number of halogens is 1. The van der Waals surface area contributed by atoms with Crippen LogP contribution in [0.5, 0.6) is 11.5 Å². The normalized spacial score (nSPS) is 11.5. The molecule has 1 unspecified atom stereocenters. The Bertz CT molecular complexity index is 944. The minimum Gasteiger partial charge on any atom is -0.496 e. The lowest BCUT2D eigenvalue weighted by molar-refractivity contribution is 0.0939. The third-order valence-electron chi connectivity index (χ3n) is 4.41. The third kappa shape index (κ3) is 4.84. The molecule has 0 aliphatic rings. The molecule has 3 aromatic rings. The molecule has 0 aliphatic heterocycles. The number of methoxy groups -OCH3 is 1. The average molecular weight is 396 g/mol. The molecular formula is C23H22ClNO3. The molecule has 4 nitrogen and oxygen atoms in total. The van der Waals surface area contributed by atoms with Gasteiger partial charge < -0.3 is 14.8 Å². The van der Waals surface area contributed by atoms with Crippen LogP contribution in [0.1, 0.15) is 34.5 Å². The maximum atomic E-state index is 12.7. The minimum absolute atomic E-state index is 0.0985. The van der Waals surface area contributed by atoms with Crippen LogP contribution in [0.15, 0.2) is 72.8 Å². The van der Waals surface area contributed by atoms with Crippen molar-refractivity contribution in [1.29, 1.82) is 0 Å². The summed E-state index contributed by atoms with van der Waals surface area (Å²) < 4.78 is 11.2. The Balaban J connectivity index is 1.74. The summed E-state index contributed by atoms with van der Waals surface area (Å²) in [6.07, 6.45) is 0. The molecule has 1 N–H and O–H groups in total. The zero-order valence-electron chi connectivity index (χ0n) is 15.8. The van der Waals surface area contributed by atoms with Crippen molar-refractivity contribution in [2.24, 2.45) is 0 Å². The molecule has 0 radical (unpaired) electrons. The Morgan fingerprint density at radius 1 is 1.00 bits per heavy atom. The number of hydrogen-bond acceptors (Lipinski definition) is 3. The molecule has 0 heterocycles. The molecule has 1 atom stereocenters. The van der Waals surface area contributed by atoms with E-state index in [-0.39, 0.29) is 18.6 Å². The van der Waals surface area contributed by atoms with Gasteiger partial charge in [0.05, 0.1) is 18.2 Å². The molecule has 0 bridgehead atoms. The quantitative estimate of drug-likeness (QED) is 0.581. The molecule has 3 rings (SSSR count). The molecule has 0 saturated carbocycles. The molecule has 0 spiro atoms. The van der Waals surface area contributed by atoms with Crippen LogP contribution in [-0.2, 0) is 6.61 Å². The molecule has 28 heavy (non-hydrogen) atoms. The van der Waals surface area contributed by atoms with Crippen molar-refractivity contribution >= 4 is 17.5 Å². The SMILES string of the molecule is COc1ccc(C(=O)NC(C)c2ccccc2)cc1COc1ccccc1Cl. The Hall–Kier alpha value is -2.98. The molecule has 0 fully saturated rings. The fraction of sp³-hybridized carbons (Fsp3) is 0.174. The Kier molecular flexibility index (Phi) is 6.56. The maximum absolute atomic E-state index is 12.7. The highest BCUT2D eigenvalue weighted by atomic mass is 35.5. The van der Waals surface area contributed by atoms with E-state index < -0.39 is 0 Å². The van der Waals surface area contributed by atoms with Gasteiger partial charge in [0, 0.05) is 11.1 Å². The molecule has 5 heteroatoms. The van der Waals surface area contributed by atoms with E-state index in [9.17, 15) is 4.79 Å². The van der Waals surface area contributed by atoms with Crippen LogP contribution in [0.25, 0.3) is 0 Å². The summed E-state index contributed by atoms with van der Waals surface area (Å²) in [5.41, 5.74) is 2.36. The van der Waals surface area contributed by atoms with E-state index in [4.69, 9.17) is 21.1 Å². The first-order valence-corrected chi connectivity index (χ1v) is 9.36. The molecule has 0 aliphatic carbocycles. The van der Waals surface area contributed by atoms with Gasteiger partial charge in [0.25, 0.3) is 5.91 Å². The van der Waals surface area contributed by atoms with E-state index in [0.717, 1.165) is 11.1 Å². The van der Waals surface area contributed by atoms with Crippen LogP contribution in [0.3, 0.4) is 0 Å². The number of hydrogen-bond donors (Lipinski definition) is 1. The predicted molar refractivity (Wildman–Crippen MR) is 111 cm³/mol. The number of ether oxygens (including phenoxy) is 2. The van der Waals surface area contributed by atoms with E-state index in [1.807, 2.05) is 49.4 Å². The van der Waals surface area contributed by atoms with Gasteiger partial charge in [-0.05, 0) is 42.8 Å². The molecular weight excluding hydrogens is 374 g/mol. The summed E-state index contributed by atoms with van der Waals surface area (Å²) in [4.78, 5) is 12.7. The summed E-state index contributed by atoms with van der Waals surface area (Å²) in [6.45, 7) is 2.19. The van der Waals surface area contributed by atoms with Gasteiger partial charge in [0.1, 0.15) is 18.1 Å². The van der Waals surface area contributed by atoms with Gasteiger partial charge in [-0.3, -0.25) is 4.79 Å². The summed E-state index contributed by atoms with van der Waals surface area (Å²) in [6, 6.07) is 22.3. The Morgan fingerprint density at radius 3 is 2.43 bits per heavy atom. The fourth-order valence-corrected chi connectivity index (χ4v) is 3.05. The number of benzene rings is 3. The highest BCUT2D eigenvalue weighted by Gasteiger charge is 2.14. The van der Waals surface area contributed by atoms with Crippen molar-refractivity contribution in [3.63, 3.8) is 0 Å². The summed E-state index contributed by atoms with van der Waals surface area (Å²) in [5.74, 6) is 1.08. The van der Waals surface area contributed by atoms with Gasteiger partial charge in [-0.1, -0.05) is 54.1 Å². The van der Waals surface area contributed by atoms with Crippen molar-refractivity contribution in [2.75, 3.05) is 7.11 Å². The van der Waals surface area contributed by atoms with E-state index in [1.165, 1.54) is 0 Å². The standard InChI is InChI=1S/C23H22ClNO3/c1-16(17-8-4-3-5-9-17)25-23(26)18-12-13-21(27-2)19(14-18)15-28-22-11-7-6-10-20(22)24/h3-14,16H,15H2,1-2H3,(H,25,26). The highest BCUT2D eigenvalue weighted by molar-refractivity contribution is 6.32. The van der Waals surface area contributed by atoms with E-state index in [2.05, 4.69) is 5.32 Å². The fourth-order valence-electron chi connectivity index (χ4n) is 2.85. The van der Waals surface area contributed by atoms with Crippen LogP contribution in [0, 0.1) is 0 Å². The lowest BCUT2D eigenvalue weighted by Crippen LogP contribution is -2.26. The monoisotopic (exact) mass is 395 g/mol. The second-order valence-corrected chi connectivity index (χ2v) is 6.76. The summed E-state index contributed by atoms with van der Waals surface area (Å²) in [5, 5.41) is 3.55. The maximum Gasteiger partial charge on any atom is 0.251 e. The Morgan fingerprint density at radius 2 is 1.71 bits per heavy atom. The van der Waals surface area contributed by atoms with Gasteiger partial charge in [-0.15, -0.1) is 0 Å². The van der Waals surface area contributed by atoms with Crippen molar-refractivity contribution in [3.05, 3.63) is 94.5 Å². The molecule has 1 amide bonds. The van der Waals surface area contributed by atoms with E-state index in [0.29, 0.717) is 22.1 Å². The first-order chi connectivity index (χ1) is 13.6. The number of amides is 1. The van der Waals surface area contributed by atoms with Crippen molar-refractivity contribution in [2.45, 2.75) is 19.6 Å². The van der Waals surface area contributed by atoms with Gasteiger partial charge in [-0.25, -0.2) is 0 Å². The van der Waals surface area contributed by atoms with E-state index in [1.54, 1.807) is 37.4 Å². The molecule has 3 aromatic carbocycles. The first kappa shape index (κ1) is 19.8. The predicted octanol–water partition coefficient (Wildman–Crippen LogP) is 5.42. The van der Waals surface area contributed by atoms with Crippen molar-refractivity contribution in [3.8, 4) is 11.5 Å². The summed E-state index contributed by atoms with van der Waals surface area (Å²) in [7, 11) is 1.59. The van der Waals surface area contributed by atoms with Gasteiger partial charge in [0.2, 0.25) is 0 Å². The zero-order valence-corrected chi connectivity index (χ0v) is 16.6. The zero-order chi connectivity index (χ0) is 19.9. The van der Waals surface area contributed by atoms with Crippen LogP contribution < -0.4 is 14.8 Å². The number of rotatable bonds is 7. The molecule has 0 saturated heterocycles. The third-order valence-corrected chi connectivity index (χ3v) is 4.72. The van der Waals surface area contributed by atoms with Crippen LogP contribution in [-0.4, -0.2) is 13.0 Å². The lowest BCUT2D eigenvalue weighted by atomic mass is 10.1. The van der Waals surface area contributed by atoms with E-state index >= 15 is 0 Å². The second-order valence-electron chi connectivity index (χ2n) is 6.35. The first-order valence-electron chi connectivity index (χ1n) is 8.98. The van der Waals surface area contributed by atoms with Gasteiger partial charge >= 0.3 is 0 Å². The second kappa shape index (κ2) is 9.29. The highest BCUT2D eigenvalue weighted by Crippen LogP contribution is 2.27. The Labute approximate surface area is 170 Å². The van der Waals surface area contributed by atoms with Crippen molar-refractivity contribution < 1.29 is 14.3 Å². The molecule has 0 aromatic heterocycles. The number of para-hydroxylation sites is 1. The largest absolute Gasteiger partial charge is 0.496 e. The minimum atomic E-state index is -0.155.